The molecule has 4 aliphatic rings. The van der Waals surface area contributed by atoms with E-state index in [4.69, 9.17) is 4.74 Å². The van der Waals surface area contributed by atoms with Crippen molar-refractivity contribution in [2.24, 2.45) is 35.0 Å². The lowest BCUT2D eigenvalue weighted by atomic mass is 9.46. The van der Waals surface area contributed by atoms with E-state index in [-0.39, 0.29) is 17.0 Å². The number of hydrogen-bond acceptors (Lipinski definition) is 2. The van der Waals surface area contributed by atoms with Gasteiger partial charge in [0.15, 0.2) is 0 Å². The zero-order chi connectivity index (χ0) is 14.1. The van der Waals surface area contributed by atoms with Crippen LogP contribution in [0, 0.1) is 35.0 Å². The van der Waals surface area contributed by atoms with Crippen molar-refractivity contribution in [3.8, 4) is 0 Å². The zero-order valence-corrected chi connectivity index (χ0v) is 13.2. The van der Waals surface area contributed by atoms with Crippen LogP contribution in [0.15, 0.2) is 0 Å². The number of carbonyl (C=O) groups is 1. The lowest BCUT2D eigenvalue weighted by Gasteiger charge is -2.57. The first-order valence-electron chi connectivity index (χ1n) is 8.77. The standard InChI is InChI=1S/C18H28O2/c1-4-17(7-5-6-8-17)20-16(19)18-10-14-11(2)13(12(18)3)9-15(14)18/h11-15H,4-10H2,1-3H3. The average Bonchev–Trinajstić information content (AvgIpc) is 3.01. The molecule has 4 fully saturated rings. The van der Waals surface area contributed by atoms with Gasteiger partial charge in [-0.15, -0.1) is 0 Å². The molecule has 0 radical (unpaired) electrons. The van der Waals surface area contributed by atoms with Crippen molar-refractivity contribution < 1.29 is 9.53 Å². The molecular formula is C18H28O2. The van der Waals surface area contributed by atoms with Crippen LogP contribution in [0.2, 0.25) is 0 Å². The highest BCUT2D eigenvalue weighted by atomic mass is 16.6. The van der Waals surface area contributed by atoms with E-state index >= 15 is 0 Å². The minimum atomic E-state index is -0.107. The highest BCUT2D eigenvalue weighted by molar-refractivity contribution is 5.81. The van der Waals surface area contributed by atoms with Gasteiger partial charge in [-0.1, -0.05) is 20.8 Å². The minimum Gasteiger partial charge on any atom is -0.459 e. The van der Waals surface area contributed by atoms with Crippen molar-refractivity contribution in [2.45, 2.75) is 71.3 Å². The van der Waals surface area contributed by atoms with Crippen LogP contribution in [0.4, 0.5) is 0 Å². The average molecular weight is 276 g/mol. The summed E-state index contributed by atoms with van der Waals surface area (Å²) in [5.74, 6) is 3.84. The highest BCUT2D eigenvalue weighted by Gasteiger charge is 2.74. The summed E-state index contributed by atoms with van der Waals surface area (Å²) in [6, 6.07) is 0. The van der Waals surface area contributed by atoms with Gasteiger partial charge in [-0.2, -0.15) is 0 Å². The predicted molar refractivity (Wildman–Crippen MR) is 78.0 cm³/mol. The van der Waals surface area contributed by atoms with Crippen LogP contribution < -0.4 is 0 Å². The van der Waals surface area contributed by atoms with Gasteiger partial charge in [0.2, 0.25) is 0 Å². The summed E-state index contributed by atoms with van der Waals surface area (Å²) in [5.41, 5.74) is -0.184. The fourth-order valence-electron chi connectivity index (χ4n) is 6.49. The molecule has 0 aromatic heterocycles. The van der Waals surface area contributed by atoms with Crippen LogP contribution in [0.5, 0.6) is 0 Å². The molecule has 0 spiro atoms. The molecule has 20 heavy (non-hydrogen) atoms. The Morgan fingerprint density at radius 2 is 1.90 bits per heavy atom. The number of rotatable bonds is 3. The Labute approximate surface area is 122 Å². The first-order valence-corrected chi connectivity index (χ1v) is 8.77. The van der Waals surface area contributed by atoms with Crippen molar-refractivity contribution >= 4 is 5.97 Å². The molecule has 0 N–H and O–H groups in total. The Bertz CT molecular complexity index is 433. The highest BCUT2D eigenvalue weighted by Crippen LogP contribution is 2.75. The van der Waals surface area contributed by atoms with Gasteiger partial charge in [0.05, 0.1) is 5.41 Å². The first-order chi connectivity index (χ1) is 9.54. The van der Waals surface area contributed by atoms with Gasteiger partial charge in [0.25, 0.3) is 0 Å². The largest absolute Gasteiger partial charge is 0.459 e. The van der Waals surface area contributed by atoms with Gasteiger partial charge in [-0.05, 0) is 74.5 Å². The Morgan fingerprint density at radius 1 is 1.20 bits per heavy atom. The molecule has 0 saturated heterocycles. The molecule has 2 heteroatoms. The molecule has 4 rings (SSSR count). The van der Waals surface area contributed by atoms with Crippen LogP contribution >= 0.6 is 0 Å². The van der Waals surface area contributed by atoms with Crippen LogP contribution in [0.25, 0.3) is 0 Å². The molecule has 0 aliphatic heterocycles. The van der Waals surface area contributed by atoms with Gasteiger partial charge in [-0.25, -0.2) is 0 Å². The summed E-state index contributed by atoms with van der Waals surface area (Å²) < 4.78 is 6.19. The van der Waals surface area contributed by atoms with Crippen LogP contribution in [0.3, 0.4) is 0 Å². The number of fused-ring (bicyclic) bond motifs is 1. The molecule has 6 atom stereocenters. The SMILES string of the molecule is CCC1(OC(=O)C23CC4C(C)C(CC42)C3C)CCCC1. The summed E-state index contributed by atoms with van der Waals surface area (Å²) in [6.45, 7) is 6.92. The summed E-state index contributed by atoms with van der Waals surface area (Å²) in [6.07, 6.45) is 8.06. The van der Waals surface area contributed by atoms with Crippen LogP contribution in [-0.4, -0.2) is 11.6 Å². The molecule has 0 heterocycles. The fraction of sp³-hybridized carbons (Fsp3) is 0.944. The molecule has 4 aliphatic carbocycles. The lowest BCUT2D eigenvalue weighted by Crippen LogP contribution is -2.59. The summed E-state index contributed by atoms with van der Waals surface area (Å²) in [4.78, 5) is 13.0. The van der Waals surface area contributed by atoms with E-state index in [1.165, 1.54) is 19.3 Å². The molecule has 112 valence electrons. The topological polar surface area (TPSA) is 26.3 Å². The quantitative estimate of drug-likeness (QED) is 0.723. The van der Waals surface area contributed by atoms with E-state index in [9.17, 15) is 4.79 Å². The second-order valence-electron chi connectivity index (χ2n) is 8.20. The van der Waals surface area contributed by atoms with Crippen LogP contribution in [-0.2, 0) is 9.53 Å². The predicted octanol–water partition coefficient (Wildman–Crippen LogP) is 4.18. The Hall–Kier alpha value is -0.530. The maximum Gasteiger partial charge on any atom is 0.313 e. The van der Waals surface area contributed by atoms with Crippen LogP contribution in [0.1, 0.15) is 65.7 Å². The maximum atomic E-state index is 13.0. The zero-order valence-electron chi connectivity index (χ0n) is 13.2. The van der Waals surface area contributed by atoms with E-state index in [2.05, 4.69) is 20.8 Å². The molecule has 4 saturated carbocycles. The van der Waals surface area contributed by atoms with Gasteiger partial charge in [-0.3, -0.25) is 4.79 Å². The maximum absolute atomic E-state index is 13.0. The molecule has 0 aromatic carbocycles. The van der Waals surface area contributed by atoms with Crippen molar-refractivity contribution in [1.29, 1.82) is 0 Å². The van der Waals surface area contributed by atoms with Crippen molar-refractivity contribution in [2.75, 3.05) is 0 Å². The lowest BCUT2D eigenvalue weighted by molar-refractivity contribution is -0.203. The normalized spacial score (nSPS) is 51.0. The smallest absolute Gasteiger partial charge is 0.313 e. The molecule has 0 aromatic rings. The van der Waals surface area contributed by atoms with Crippen molar-refractivity contribution in [1.82, 2.24) is 0 Å². The van der Waals surface area contributed by atoms with E-state index in [0.717, 1.165) is 43.4 Å². The van der Waals surface area contributed by atoms with Crippen molar-refractivity contribution in [3.05, 3.63) is 0 Å². The minimum absolute atomic E-state index is 0.0768. The third kappa shape index (κ3) is 1.34. The van der Waals surface area contributed by atoms with E-state index in [0.29, 0.717) is 11.8 Å². The van der Waals surface area contributed by atoms with Crippen molar-refractivity contribution in [3.63, 3.8) is 0 Å². The third-order valence-electron chi connectivity index (χ3n) is 7.93. The first kappa shape index (κ1) is 13.2. The Balaban J connectivity index is 1.56. The van der Waals surface area contributed by atoms with Gasteiger partial charge in [0.1, 0.15) is 5.60 Å². The van der Waals surface area contributed by atoms with E-state index < -0.39 is 0 Å². The summed E-state index contributed by atoms with van der Waals surface area (Å²) in [5, 5.41) is 0. The molecule has 0 amide bonds. The monoisotopic (exact) mass is 276 g/mol. The number of hydrogen-bond donors (Lipinski definition) is 0. The Morgan fingerprint density at radius 3 is 2.45 bits per heavy atom. The Kier molecular flexibility index (Phi) is 2.64. The fourth-order valence-corrected chi connectivity index (χ4v) is 6.49. The number of ether oxygens (including phenoxy) is 1. The molecule has 6 unspecified atom stereocenters. The molecular weight excluding hydrogens is 248 g/mol. The van der Waals surface area contributed by atoms with Gasteiger partial charge < -0.3 is 4.74 Å². The molecule has 2 bridgehead atoms. The second kappa shape index (κ2) is 4.01. The van der Waals surface area contributed by atoms with E-state index in [1.807, 2.05) is 0 Å². The number of esters is 1. The number of carbonyl (C=O) groups excluding carboxylic acids is 1. The van der Waals surface area contributed by atoms with Gasteiger partial charge >= 0.3 is 5.97 Å². The van der Waals surface area contributed by atoms with E-state index in [1.54, 1.807) is 0 Å². The summed E-state index contributed by atoms with van der Waals surface area (Å²) in [7, 11) is 0. The molecule has 2 nitrogen and oxygen atoms in total. The third-order valence-corrected chi connectivity index (χ3v) is 7.93. The summed E-state index contributed by atoms with van der Waals surface area (Å²) >= 11 is 0. The second-order valence-corrected chi connectivity index (χ2v) is 8.20. The van der Waals surface area contributed by atoms with Gasteiger partial charge in [0, 0.05) is 0 Å².